The maximum absolute atomic E-state index is 9.73. The zero-order chi connectivity index (χ0) is 13.8. The van der Waals surface area contributed by atoms with Crippen LogP contribution in [0, 0.1) is 13.8 Å². The summed E-state index contributed by atoms with van der Waals surface area (Å²) in [5, 5.41) is 13.7. The lowest BCUT2D eigenvalue weighted by molar-refractivity contribution is 0.152. The topological polar surface area (TPSA) is 72.0 Å². The fourth-order valence-corrected chi connectivity index (χ4v) is 2.06. The van der Waals surface area contributed by atoms with Crippen LogP contribution >= 0.6 is 0 Å². The lowest BCUT2D eigenvalue weighted by Crippen LogP contribution is -2.09. The van der Waals surface area contributed by atoms with Crippen LogP contribution in [0.25, 0.3) is 11.4 Å². The Hall–Kier alpha value is -1.75. The predicted molar refractivity (Wildman–Crippen MR) is 71.6 cm³/mol. The Morgan fingerprint density at radius 3 is 2.53 bits per heavy atom. The quantitative estimate of drug-likeness (QED) is 0.895. The molecule has 19 heavy (non-hydrogen) atoms. The van der Waals surface area contributed by atoms with Crippen molar-refractivity contribution in [2.75, 3.05) is 0 Å². The highest BCUT2D eigenvalue weighted by Crippen LogP contribution is 2.18. The molecule has 5 heteroatoms. The van der Waals surface area contributed by atoms with Gasteiger partial charge >= 0.3 is 0 Å². The average molecular weight is 261 g/mol. The summed E-state index contributed by atoms with van der Waals surface area (Å²) < 4.78 is 5.17. The van der Waals surface area contributed by atoms with Gasteiger partial charge in [-0.05, 0) is 32.4 Å². The lowest BCUT2D eigenvalue weighted by Gasteiger charge is -2.04. The Morgan fingerprint density at radius 2 is 1.89 bits per heavy atom. The van der Waals surface area contributed by atoms with Crippen LogP contribution in [-0.4, -0.2) is 26.3 Å². The summed E-state index contributed by atoms with van der Waals surface area (Å²) in [6.45, 7) is 5.90. The molecule has 2 rings (SSSR count). The number of aryl methyl sites for hydroxylation is 2. The van der Waals surface area contributed by atoms with Gasteiger partial charge in [0, 0.05) is 17.0 Å². The molecule has 0 spiro atoms. The van der Waals surface area contributed by atoms with Crippen molar-refractivity contribution >= 4 is 0 Å². The second-order valence-corrected chi connectivity index (χ2v) is 4.80. The molecule has 0 saturated carbocycles. The number of aliphatic hydroxyl groups is 1. The van der Waals surface area contributed by atoms with E-state index in [9.17, 15) is 5.11 Å². The summed E-state index contributed by atoms with van der Waals surface area (Å²) in [6.07, 6.45) is 1.67. The number of nitrogens with zero attached hydrogens (tertiary/aromatic N) is 3. The normalized spacial score (nSPS) is 12.6. The molecule has 5 nitrogen and oxygen atoms in total. The SMILES string of the molecule is CCCC(O)Cc1nc(-c2cc(C)nc(C)c2)no1. The van der Waals surface area contributed by atoms with Gasteiger partial charge in [-0.2, -0.15) is 4.98 Å². The van der Waals surface area contributed by atoms with E-state index in [4.69, 9.17) is 4.52 Å². The Labute approximate surface area is 112 Å². The van der Waals surface area contributed by atoms with Crippen molar-refractivity contribution < 1.29 is 9.63 Å². The van der Waals surface area contributed by atoms with Crippen molar-refractivity contribution in [3.63, 3.8) is 0 Å². The fourth-order valence-electron chi connectivity index (χ4n) is 2.06. The number of aromatic nitrogens is 3. The van der Waals surface area contributed by atoms with Crippen molar-refractivity contribution in [2.24, 2.45) is 0 Å². The highest BCUT2D eigenvalue weighted by molar-refractivity contribution is 5.55. The lowest BCUT2D eigenvalue weighted by atomic mass is 10.1. The van der Waals surface area contributed by atoms with Gasteiger partial charge in [0.05, 0.1) is 12.5 Å². The summed E-state index contributed by atoms with van der Waals surface area (Å²) in [6, 6.07) is 3.84. The van der Waals surface area contributed by atoms with Crippen molar-refractivity contribution in [3.8, 4) is 11.4 Å². The van der Waals surface area contributed by atoms with Crippen LogP contribution in [-0.2, 0) is 6.42 Å². The van der Waals surface area contributed by atoms with E-state index >= 15 is 0 Å². The fraction of sp³-hybridized carbons (Fsp3) is 0.500. The number of pyridine rings is 1. The molecule has 0 bridgehead atoms. The molecule has 0 aliphatic heterocycles. The minimum absolute atomic E-state index is 0.407. The molecule has 2 aromatic heterocycles. The first kappa shape index (κ1) is 13.7. The summed E-state index contributed by atoms with van der Waals surface area (Å²) in [5.41, 5.74) is 2.74. The third-order valence-electron chi connectivity index (χ3n) is 2.84. The Morgan fingerprint density at radius 1 is 1.21 bits per heavy atom. The summed E-state index contributed by atoms with van der Waals surface area (Å²) >= 11 is 0. The smallest absolute Gasteiger partial charge is 0.229 e. The van der Waals surface area contributed by atoms with Crippen LogP contribution in [0.15, 0.2) is 16.7 Å². The van der Waals surface area contributed by atoms with Crippen LogP contribution in [0.5, 0.6) is 0 Å². The Balaban J connectivity index is 2.16. The van der Waals surface area contributed by atoms with Crippen LogP contribution in [0.2, 0.25) is 0 Å². The molecule has 102 valence electrons. The molecule has 2 aromatic rings. The largest absolute Gasteiger partial charge is 0.393 e. The van der Waals surface area contributed by atoms with Crippen molar-refractivity contribution in [1.82, 2.24) is 15.1 Å². The highest BCUT2D eigenvalue weighted by atomic mass is 16.5. The Kier molecular flexibility index (Phi) is 4.27. The monoisotopic (exact) mass is 261 g/mol. The van der Waals surface area contributed by atoms with E-state index in [2.05, 4.69) is 15.1 Å². The molecule has 2 heterocycles. The second-order valence-electron chi connectivity index (χ2n) is 4.80. The van der Waals surface area contributed by atoms with Gasteiger partial charge in [0.15, 0.2) is 0 Å². The molecule has 1 N–H and O–H groups in total. The summed E-state index contributed by atoms with van der Waals surface area (Å²) in [5.74, 6) is 1.02. The van der Waals surface area contributed by atoms with Crippen molar-refractivity contribution in [1.29, 1.82) is 0 Å². The minimum atomic E-state index is -0.417. The third kappa shape index (κ3) is 3.61. The Bertz CT molecular complexity index is 531. The van der Waals surface area contributed by atoms with Gasteiger partial charge in [-0.15, -0.1) is 0 Å². The molecule has 0 saturated heterocycles. The molecule has 0 amide bonds. The van der Waals surface area contributed by atoms with Gasteiger partial charge in [0.1, 0.15) is 0 Å². The zero-order valence-electron chi connectivity index (χ0n) is 11.6. The minimum Gasteiger partial charge on any atom is -0.393 e. The van der Waals surface area contributed by atoms with E-state index in [-0.39, 0.29) is 0 Å². The van der Waals surface area contributed by atoms with Crippen LogP contribution in [0.4, 0.5) is 0 Å². The van der Waals surface area contributed by atoms with Gasteiger partial charge in [-0.3, -0.25) is 4.98 Å². The molecular weight excluding hydrogens is 242 g/mol. The molecule has 0 aliphatic carbocycles. The van der Waals surface area contributed by atoms with E-state index in [1.54, 1.807) is 0 Å². The predicted octanol–water partition coefficient (Wildman–Crippen LogP) is 2.45. The van der Waals surface area contributed by atoms with Crippen LogP contribution in [0.1, 0.15) is 37.0 Å². The first-order valence-corrected chi connectivity index (χ1v) is 6.54. The van der Waals surface area contributed by atoms with Crippen LogP contribution in [0.3, 0.4) is 0 Å². The molecular formula is C14H19N3O2. The van der Waals surface area contributed by atoms with Gasteiger partial charge in [-0.25, -0.2) is 0 Å². The molecule has 0 aromatic carbocycles. The van der Waals surface area contributed by atoms with E-state index < -0.39 is 6.10 Å². The third-order valence-corrected chi connectivity index (χ3v) is 2.84. The van der Waals surface area contributed by atoms with E-state index in [0.717, 1.165) is 29.8 Å². The van der Waals surface area contributed by atoms with Gasteiger partial charge in [-0.1, -0.05) is 18.5 Å². The first-order chi connectivity index (χ1) is 9.08. The summed E-state index contributed by atoms with van der Waals surface area (Å²) in [4.78, 5) is 8.63. The number of hydrogen-bond acceptors (Lipinski definition) is 5. The van der Waals surface area contributed by atoms with E-state index in [0.29, 0.717) is 18.1 Å². The van der Waals surface area contributed by atoms with Crippen LogP contribution < -0.4 is 0 Å². The number of aliphatic hydroxyl groups excluding tert-OH is 1. The second kappa shape index (κ2) is 5.93. The molecule has 0 radical (unpaired) electrons. The molecule has 1 atom stereocenters. The number of hydrogen-bond donors (Lipinski definition) is 1. The van der Waals surface area contributed by atoms with Gasteiger partial charge in [0.2, 0.25) is 11.7 Å². The average Bonchev–Trinajstić information content (AvgIpc) is 2.76. The number of rotatable bonds is 5. The van der Waals surface area contributed by atoms with E-state index in [1.807, 2.05) is 32.9 Å². The standard InChI is InChI=1S/C14H19N3O2/c1-4-5-12(18)8-13-16-14(17-19-13)11-6-9(2)15-10(3)7-11/h6-7,12,18H,4-5,8H2,1-3H3. The molecule has 0 fully saturated rings. The first-order valence-electron chi connectivity index (χ1n) is 6.54. The van der Waals surface area contributed by atoms with Crippen molar-refractivity contribution in [3.05, 3.63) is 29.4 Å². The van der Waals surface area contributed by atoms with Gasteiger partial charge < -0.3 is 9.63 Å². The highest BCUT2D eigenvalue weighted by Gasteiger charge is 2.13. The van der Waals surface area contributed by atoms with E-state index in [1.165, 1.54) is 0 Å². The zero-order valence-corrected chi connectivity index (χ0v) is 11.6. The maximum atomic E-state index is 9.73. The summed E-state index contributed by atoms with van der Waals surface area (Å²) in [7, 11) is 0. The van der Waals surface area contributed by atoms with Gasteiger partial charge in [0.25, 0.3) is 0 Å². The maximum Gasteiger partial charge on any atom is 0.229 e. The molecule has 1 unspecified atom stereocenters. The van der Waals surface area contributed by atoms with Crippen molar-refractivity contribution in [2.45, 2.75) is 46.1 Å². The molecule has 0 aliphatic rings.